The highest BCUT2D eigenvalue weighted by molar-refractivity contribution is 8.26. The van der Waals surface area contributed by atoms with Gasteiger partial charge in [-0.05, 0) is 60.2 Å². The molecule has 1 saturated heterocycles. The monoisotopic (exact) mass is 626 g/mol. The second-order valence-corrected chi connectivity index (χ2v) is 12.1. The minimum atomic E-state index is -0.259. The highest BCUT2D eigenvalue weighted by Crippen LogP contribution is 2.33. The van der Waals surface area contributed by atoms with Gasteiger partial charge >= 0.3 is 0 Å². The lowest BCUT2D eigenvalue weighted by Crippen LogP contribution is -2.31. The van der Waals surface area contributed by atoms with Gasteiger partial charge in [-0.1, -0.05) is 83.2 Å². The lowest BCUT2D eigenvalue weighted by atomic mass is 10.2. The number of aromatic nitrogens is 2. The van der Waals surface area contributed by atoms with Crippen LogP contribution in [0.2, 0.25) is 10.0 Å². The third-order valence-electron chi connectivity index (χ3n) is 5.83. The van der Waals surface area contributed by atoms with E-state index in [9.17, 15) is 14.4 Å². The third-order valence-corrected chi connectivity index (χ3v) is 8.65. The van der Waals surface area contributed by atoms with Gasteiger partial charge in [0.15, 0.2) is 5.16 Å². The summed E-state index contributed by atoms with van der Waals surface area (Å²) in [6, 6.07) is 21.2. The maximum absolute atomic E-state index is 13.5. The zero-order valence-electron chi connectivity index (χ0n) is 20.7. The molecular weight excluding hydrogens is 607 g/mol. The number of imidazole rings is 1. The molecule has 12 heteroatoms. The summed E-state index contributed by atoms with van der Waals surface area (Å²) in [7, 11) is 0. The molecule has 0 aliphatic carbocycles. The summed E-state index contributed by atoms with van der Waals surface area (Å²) >= 11 is 19.7. The number of hydrogen-bond acceptors (Lipinski definition) is 7. The minimum Gasteiger partial charge on any atom is -0.325 e. The topological polar surface area (TPSA) is 84.3 Å². The fourth-order valence-corrected chi connectivity index (χ4v) is 6.31. The van der Waals surface area contributed by atoms with Crippen LogP contribution in [0.5, 0.6) is 0 Å². The Morgan fingerprint density at radius 2 is 1.68 bits per heavy atom. The predicted octanol–water partition coefficient (Wildman–Crippen LogP) is 7.01. The van der Waals surface area contributed by atoms with Crippen molar-refractivity contribution >= 4 is 104 Å². The van der Waals surface area contributed by atoms with E-state index in [-0.39, 0.29) is 36.4 Å². The summed E-state index contributed by atoms with van der Waals surface area (Å²) < 4.78 is 1.89. The number of nitrogens with one attached hydrogen (secondary N) is 1. The molecule has 7 nitrogen and oxygen atoms in total. The summed E-state index contributed by atoms with van der Waals surface area (Å²) in [6.07, 6.45) is 1.77. The molecule has 4 aromatic rings. The number of halogens is 2. The quantitative estimate of drug-likeness (QED) is 0.128. The number of carbonyl (C=O) groups excluding carboxylic acids is 3. The number of fused-ring (bicyclic) bond motifs is 1. The van der Waals surface area contributed by atoms with Gasteiger partial charge < -0.3 is 5.32 Å². The number of thiocarbonyl (C=S) groups is 1. The Labute approximate surface area is 253 Å². The number of para-hydroxylation sites is 2. The van der Waals surface area contributed by atoms with Crippen LogP contribution in [-0.2, 0) is 9.59 Å². The number of nitrogens with zero attached hydrogens (tertiary/aromatic N) is 3. The fraction of sp³-hybridized carbons (Fsp3) is 0.107. The molecule has 1 aliphatic heterocycles. The fourth-order valence-electron chi connectivity index (χ4n) is 3.92. The molecule has 3 aromatic carbocycles. The molecule has 0 radical (unpaired) electrons. The Kier molecular flexibility index (Phi) is 8.92. The van der Waals surface area contributed by atoms with Crippen molar-refractivity contribution in [2.75, 3.05) is 17.6 Å². The SMILES string of the molecule is O=C(CSc1nc2ccccc2n1C(=O)CCN1C(=O)/C(=C/c2ccc(Cl)cc2)SC1=S)Nc1ccc(Cl)cc1. The Morgan fingerprint density at radius 1 is 1.00 bits per heavy atom. The van der Waals surface area contributed by atoms with Crippen LogP contribution < -0.4 is 5.32 Å². The van der Waals surface area contributed by atoms with Gasteiger partial charge in [-0.3, -0.25) is 23.9 Å². The molecule has 202 valence electrons. The van der Waals surface area contributed by atoms with E-state index in [0.717, 1.165) is 17.3 Å². The first-order valence-corrected chi connectivity index (χ1v) is 14.9. The molecule has 1 fully saturated rings. The van der Waals surface area contributed by atoms with Crippen LogP contribution in [0.25, 0.3) is 17.1 Å². The molecule has 1 N–H and O–H groups in total. The molecule has 0 bridgehead atoms. The molecule has 0 spiro atoms. The number of rotatable bonds is 8. The van der Waals surface area contributed by atoms with Crippen molar-refractivity contribution < 1.29 is 14.4 Å². The van der Waals surface area contributed by atoms with Gasteiger partial charge in [-0.15, -0.1) is 0 Å². The third kappa shape index (κ3) is 6.59. The summed E-state index contributed by atoms with van der Waals surface area (Å²) in [5.74, 6) is -0.709. The van der Waals surface area contributed by atoms with E-state index in [2.05, 4.69) is 10.3 Å². The number of hydrogen-bond donors (Lipinski definition) is 1. The molecule has 40 heavy (non-hydrogen) atoms. The summed E-state index contributed by atoms with van der Waals surface area (Å²) in [5.41, 5.74) is 2.70. The minimum absolute atomic E-state index is 0.0194. The first-order chi connectivity index (χ1) is 19.3. The van der Waals surface area contributed by atoms with Gasteiger partial charge in [0.1, 0.15) is 4.32 Å². The molecule has 2 amide bonds. The second kappa shape index (κ2) is 12.6. The first kappa shape index (κ1) is 28.4. The van der Waals surface area contributed by atoms with Crippen LogP contribution in [0.4, 0.5) is 5.69 Å². The molecule has 5 rings (SSSR count). The molecule has 0 unspecified atom stereocenters. The number of amides is 2. The van der Waals surface area contributed by atoms with Gasteiger partial charge in [0.25, 0.3) is 5.91 Å². The van der Waals surface area contributed by atoms with Crippen LogP contribution in [-0.4, -0.2) is 48.8 Å². The number of benzene rings is 3. The van der Waals surface area contributed by atoms with Crippen molar-refractivity contribution in [2.45, 2.75) is 11.6 Å². The van der Waals surface area contributed by atoms with Crippen molar-refractivity contribution in [1.82, 2.24) is 14.5 Å². The maximum atomic E-state index is 13.5. The maximum Gasteiger partial charge on any atom is 0.266 e. The average molecular weight is 628 g/mol. The van der Waals surface area contributed by atoms with Gasteiger partial charge in [0.2, 0.25) is 11.8 Å². The molecule has 0 saturated carbocycles. The molecular formula is C28H20Cl2N4O3S3. The van der Waals surface area contributed by atoms with E-state index < -0.39 is 0 Å². The van der Waals surface area contributed by atoms with Gasteiger partial charge in [0, 0.05) is 28.7 Å². The largest absolute Gasteiger partial charge is 0.325 e. The van der Waals surface area contributed by atoms with Crippen molar-refractivity contribution in [2.24, 2.45) is 0 Å². The highest BCUT2D eigenvalue weighted by atomic mass is 35.5. The Hall–Kier alpha value is -3.15. The Bertz CT molecular complexity index is 1650. The summed E-state index contributed by atoms with van der Waals surface area (Å²) in [4.78, 5) is 45.6. The first-order valence-electron chi connectivity index (χ1n) is 12.0. The lowest BCUT2D eigenvalue weighted by molar-refractivity contribution is -0.122. The zero-order valence-corrected chi connectivity index (χ0v) is 24.6. The van der Waals surface area contributed by atoms with Gasteiger partial charge in [-0.2, -0.15) is 0 Å². The van der Waals surface area contributed by atoms with E-state index in [4.69, 9.17) is 35.4 Å². The van der Waals surface area contributed by atoms with Crippen molar-refractivity contribution in [3.8, 4) is 0 Å². The number of anilines is 1. The van der Waals surface area contributed by atoms with Gasteiger partial charge in [-0.25, -0.2) is 4.98 Å². The predicted molar refractivity (Wildman–Crippen MR) is 167 cm³/mol. The van der Waals surface area contributed by atoms with E-state index in [1.54, 1.807) is 54.6 Å². The number of carbonyl (C=O) groups is 3. The van der Waals surface area contributed by atoms with Crippen molar-refractivity contribution in [3.05, 3.63) is 93.3 Å². The van der Waals surface area contributed by atoms with Crippen LogP contribution >= 0.6 is 58.9 Å². The average Bonchev–Trinajstić information content (AvgIpc) is 3.44. The van der Waals surface area contributed by atoms with Crippen LogP contribution in [0.15, 0.2) is 82.9 Å². The van der Waals surface area contributed by atoms with Crippen LogP contribution in [0, 0.1) is 0 Å². The Balaban J connectivity index is 1.27. The summed E-state index contributed by atoms with van der Waals surface area (Å²) in [5, 5.41) is 4.38. The molecule has 1 aromatic heterocycles. The normalized spacial score (nSPS) is 14.3. The smallest absolute Gasteiger partial charge is 0.266 e. The van der Waals surface area contributed by atoms with E-state index in [0.29, 0.717) is 41.1 Å². The number of thioether (sulfide) groups is 2. The molecule has 1 aliphatic rings. The van der Waals surface area contributed by atoms with Crippen LogP contribution in [0.1, 0.15) is 16.8 Å². The zero-order chi connectivity index (χ0) is 28.2. The highest BCUT2D eigenvalue weighted by Gasteiger charge is 2.32. The summed E-state index contributed by atoms with van der Waals surface area (Å²) in [6.45, 7) is 0.120. The standard InChI is InChI=1S/C28H20Cl2N4O3S3/c29-18-7-5-17(6-8-18)15-23-26(37)33(28(38)40-23)14-13-25(36)34-22-4-2-1-3-21(22)32-27(34)39-16-24(35)31-20-11-9-19(30)10-12-20/h1-12,15H,13-14,16H2,(H,31,35)/b23-15-. The van der Waals surface area contributed by atoms with Crippen molar-refractivity contribution in [1.29, 1.82) is 0 Å². The van der Waals surface area contributed by atoms with E-state index >= 15 is 0 Å². The van der Waals surface area contributed by atoms with Gasteiger partial charge in [0.05, 0.1) is 21.7 Å². The Morgan fingerprint density at radius 3 is 2.40 bits per heavy atom. The van der Waals surface area contributed by atoms with Crippen LogP contribution in [0.3, 0.4) is 0 Å². The molecule has 2 heterocycles. The van der Waals surface area contributed by atoms with Crippen molar-refractivity contribution in [3.63, 3.8) is 0 Å². The lowest BCUT2D eigenvalue weighted by Gasteiger charge is -2.15. The van der Waals surface area contributed by atoms with E-state index in [1.165, 1.54) is 21.2 Å². The van der Waals surface area contributed by atoms with E-state index in [1.807, 2.05) is 24.3 Å². The molecule has 0 atom stereocenters. The second-order valence-electron chi connectivity index (χ2n) is 8.59.